The molecule has 0 unspecified atom stereocenters. The number of fused-ring (bicyclic) bond motifs is 1. The Morgan fingerprint density at radius 2 is 1.79 bits per heavy atom. The van der Waals surface area contributed by atoms with Crippen LogP contribution in [0.4, 0.5) is 13.2 Å². The first-order chi connectivity index (χ1) is 9.05. The lowest BCUT2D eigenvalue weighted by atomic mass is 10.1. The van der Waals surface area contributed by atoms with E-state index in [-0.39, 0.29) is 0 Å². The molecule has 0 aliphatic rings. The number of alkyl halides is 3. The fourth-order valence-electron chi connectivity index (χ4n) is 1.87. The van der Waals surface area contributed by atoms with E-state index in [9.17, 15) is 13.2 Å². The number of nitrogens with zero attached hydrogens (tertiary/aromatic N) is 3. The van der Waals surface area contributed by atoms with E-state index in [1.807, 2.05) is 0 Å². The van der Waals surface area contributed by atoms with Crippen LogP contribution in [0, 0.1) is 0 Å². The average Bonchev–Trinajstić information content (AvgIpc) is 2.82. The Morgan fingerprint density at radius 3 is 2.58 bits per heavy atom. The van der Waals surface area contributed by atoms with Gasteiger partial charge in [-0.15, -0.1) is 10.2 Å². The molecule has 0 saturated heterocycles. The van der Waals surface area contributed by atoms with Crippen molar-refractivity contribution in [1.82, 2.24) is 14.6 Å². The zero-order chi connectivity index (χ0) is 13.5. The highest BCUT2D eigenvalue weighted by molar-refractivity contribution is 5.60. The minimum absolute atomic E-state index is 0.383. The summed E-state index contributed by atoms with van der Waals surface area (Å²) in [5.74, 6) is 0.390. The van der Waals surface area contributed by atoms with Crippen molar-refractivity contribution in [2.75, 3.05) is 0 Å². The first-order valence-corrected chi connectivity index (χ1v) is 5.53. The van der Waals surface area contributed by atoms with Crippen LogP contribution in [0.15, 0.2) is 48.7 Å². The number of rotatable bonds is 1. The molecule has 19 heavy (non-hydrogen) atoms. The number of pyridine rings is 1. The van der Waals surface area contributed by atoms with Gasteiger partial charge in [0.2, 0.25) is 0 Å². The molecule has 96 valence electrons. The van der Waals surface area contributed by atoms with Crippen LogP contribution in [0.25, 0.3) is 17.0 Å². The zero-order valence-corrected chi connectivity index (χ0v) is 9.59. The summed E-state index contributed by atoms with van der Waals surface area (Å²) in [6.07, 6.45) is -2.65. The molecule has 0 radical (unpaired) electrons. The molecule has 0 amide bonds. The van der Waals surface area contributed by atoms with E-state index < -0.39 is 11.7 Å². The maximum absolute atomic E-state index is 12.7. The van der Waals surface area contributed by atoms with E-state index in [4.69, 9.17) is 0 Å². The molecule has 2 heterocycles. The van der Waals surface area contributed by atoms with Gasteiger partial charge in [0.15, 0.2) is 11.5 Å². The second-order valence-corrected chi connectivity index (χ2v) is 4.03. The quantitative estimate of drug-likeness (QED) is 0.673. The van der Waals surface area contributed by atoms with Crippen LogP contribution in [-0.4, -0.2) is 14.6 Å². The van der Waals surface area contributed by atoms with Gasteiger partial charge in [0.25, 0.3) is 0 Å². The maximum Gasteiger partial charge on any atom is 0.416 e. The van der Waals surface area contributed by atoms with E-state index in [1.165, 1.54) is 6.07 Å². The van der Waals surface area contributed by atoms with Crippen molar-refractivity contribution in [3.63, 3.8) is 0 Å². The molecule has 0 bridgehead atoms. The molecule has 0 aliphatic heterocycles. The molecule has 0 atom stereocenters. The zero-order valence-electron chi connectivity index (χ0n) is 9.59. The highest BCUT2D eigenvalue weighted by Crippen LogP contribution is 2.31. The summed E-state index contributed by atoms with van der Waals surface area (Å²) in [6, 6.07) is 10.4. The summed E-state index contributed by atoms with van der Waals surface area (Å²) in [4.78, 5) is 0. The monoisotopic (exact) mass is 263 g/mol. The number of hydrogen-bond acceptors (Lipinski definition) is 2. The molecule has 3 aromatic rings. The second kappa shape index (κ2) is 4.08. The molecule has 0 saturated carbocycles. The van der Waals surface area contributed by atoms with Crippen LogP contribution in [0.5, 0.6) is 0 Å². The topological polar surface area (TPSA) is 30.2 Å². The van der Waals surface area contributed by atoms with Crippen molar-refractivity contribution in [1.29, 1.82) is 0 Å². The SMILES string of the molecule is FC(F)(F)c1cccc(-c2nnc3ccccn23)c1. The number of benzene rings is 1. The lowest BCUT2D eigenvalue weighted by Gasteiger charge is -2.07. The molecular weight excluding hydrogens is 255 g/mol. The number of halogens is 3. The Bertz CT molecular complexity index is 731. The van der Waals surface area contributed by atoms with Gasteiger partial charge in [0, 0.05) is 11.8 Å². The Hall–Kier alpha value is -2.37. The van der Waals surface area contributed by atoms with Crippen LogP contribution >= 0.6 is 0 Å². The normalized spacial score (nSPS) is 11.9. The molecule has 0 N–H and O–H groups in total. The molecule has 6 heteroatoms. The molecule has 3 rings (SSSR count). The third-order valence-electron chi connectivity index (χ3n) is 2.76. The van der Waals surface area contributed by atoms with Gasteiger partial charge in [-0.1, -0.05) is 18.2 Å². The van der Waals surface area contributed by atoms with E-state index in [2.05, 4.69) is 10.2 Å². The summed E-state index contributed by atoms with van der Waals surface area (Å²) in [5.41, 5.74) is 0.279. The van der Waals surface area contributed by atoms with Crippen molar-refractivity contribution >= 4 is 5.65 Å². The van der Waals surface area contributed by atoms with Crippen molar-refractivity contribution in [3.05, 3.63) is 54.2 Å². The first kappa shape index (κ1) is 11.7. The van der Waals surface area contributed by atoms with Gasteiger partial charge in [-0.25, -0.2) is 0 Å². The number of hydrogen-bond donors (Lipinski definition) is 0. The Balaban J connectivity index is 2.17. The largest absolute Gasteiger partial charge is 0.416 e. The number of aromatic nitrogens is 3. The summed E-state index contributed by atoms with van der Waals surface area (Å²) in [5, 5.41) is 7.85. The lowest BCUT2D eigenvalue weighted by Crippen LogP contribution is -2.04. The predicted molar refractivity (Wildman–Crippen MR) is 63.4 cm³/mol. The minimum Gasteiger partial charge on any atom is -0.282 e. The molecule has 3 nitrogen and oxygen atoms in total. The minimum atomic E-state index is -4.36. The Morgan fingerprint density at radius 1 is 0.947 bits per heavy atom. The van der Waals surface area contributed by atoms with Gasteiger partial charge >= 0.3 is 6.18 Å². The van der Waals surface area contributed by atoms with Gasteiger partial charge in [0.05, 0.1) is 5.56 Å². The molecular formula is C13H8F3N3. The fourth-order valence-corrected chi connectivity index (χ4v) is 1.87. The van der Waals surface area contributed by atoms with Gasteiger partial charge in [-0.2, -0.15) is 13.2 Å². The van der Waals surface area contributed by atoms with Gasteiger partial charge in [0.1, 0.15) is 0 Å². The highest BCUT2D eigenvalue weighted by Gasteiger charge is 2.30. The van der Waals surface area contributed by atoms with Crippen LogP contribution in [0.1, 0.15) is 5.56 Å². The van der Waals surface area contributed by atoms with Crippen LogP contribution in [0.2, 0.25) is 0 Å². The van der Waals surface area contributed by atoms with Crippen LogP contribution in [-0.2, 0) is 6.18 Å². The predicted octanol–water partition coefficient (Wildman–Crippen LogP) is 3.42. The van der Waals surface area contributed by atoms with Crippen molar-refractivity contribution in [2.24, 2.45) is 0 Å². The smallest absolute Gasteiger partial charge is 0.282 e. The molecule has 0 spiro atoms. The van der Waals surface area contributed by atoms with Crippen molar-refractivity contribution < 1.29 is 13.2 Å². The summed E-state index contributed by atoms with van der Waals surface area (Å²) >= 11 is 0. The van der Waals surface area contributed by atoms with Gasteiger partial charge < -0.3 is 0 Å². The summed E-state index contributed by atoms with van der Waals surface area (Å²) in [6.45, 7) is 0. The van der Waals surface area contributed by atoms with Crippen LogP contribution in [0.3, 0.4) is 0 Å². The molecule has 2 aromatic heterocycles. The Kier molecular flexibility index (Phi) is 2.51. The summed E-state index contributed by atoms with van der Waals surface area (Å²) in [7, 11) is 0. The maximum atomic E-state index is 12.7. The summed E-state index contributed by atoms with van der Waals surface area (Å²) < 4.78 is 39.7. The van der Waals surface area contributed by atoms with Gasteiger partial charge in [-0.3, -0.25) is 4.40 Å². The third-order valence-corrected chi connectivity index (χ3v) is 2.76. The highest BCUT2D eigenvalue weighted by atomic mass is 19.4. The molecule has 0 fully saturated rings. The van der Waals surface area contributed by atoms with E-state index in [1.54, 1.807) is 34.9 Å². The first-order valence-electron chi connectivity index (χ1n) is 5.53. The van der Waals surface area contributed by atoms with Gasteiger partial charge in [-0.05, 0) is 24.3 Å². The van der Waals surface area contributed by atoms with Crippen LogP contribution < -0.4 is 0 Å². The van der Waals surface area contributed by atoms with Crippen molar-refractivity contribution in [2.45, 2.75) is 6.18 Å². The standard InChI is InChI=1S/C13H8F3N3/c14-13(15,16)10-5-3-4-9(8-10)12-18-17-11-6-1-2-7-19(11)12/h1-8H. The fraction of sp³-hybridized carbons (Fsp3) is 0.0769. The average molecular weight is 263 g/mol. The van der Waals surface area contributed by atoms with E-state index >= 15 is 0 Å². The van der Waals surface area contributed by atoms with E-state index in [0.717, 1.165) is 12.1 Å². The lowest BCUT2D eigenvalue weighted by molar-refractivity contribution is -0.137. The van der Waals surface area contributed by atoms with Crippen molar-refractivity contribution in [3.8, 4) is 11.4 Å². The third kappa shape index (κ3) is 2.05. The second-order valence-electron chi connectivity index (χ2n) is 4.03. The van der Waals surface area contributed by atoms with E-state index in [0.29, 0.717) is 17.0 Å². The molecule has 1 aromatic carbocycles. The Labute approximate surface area is 106 Å². The molecule has 0 aliphatic carbocycles.